The molecule has 2 heterocycles. The molecule has 1 aliphatic heterocycles. The number of hydrogen-bond acceptors (Lipinski definition) is 4. The van der Waals surface area contributed by atoms with Gasteiger partial charge in [-0.15, -0.1) is 0 Å². The Labute approximate surface area is 111 Å². The number of rotatable bonds is 4. The van der Waals surface area contributed by atoms with E-state index >= 15 is 0 Å². The fraction of sp³-hybridized carbons (Fsp3) is 0.600. The van der Waals surface area contributed by atoms with Crippen molar-refractivity contribution in [3.05, 3.63) is 12.4 Å². The first-order valence-corrected chi connectivity index (χ1v) is 7.32. The molecule has 1 aromatic heterocycles. The summed E-state index contributed by atoms with van der Waals surface area (Å²) in [6, 6.07) is 0. The highest BCUT2D eigenvalue weighted by molar-refractivity contribution is 7.90. The second kappa shape index (κ2) is 5.17. The van der Waals surface area contributed by atoms with Crippen LogP contribution in [0.3, 0.4) is 0 Å². The normalized spacial score (nSPS) is 21.2. The first-order chi connectivity index (χ1) is 8.88. The predicted octanol–water partition coefficient (Wildman–Crippen LogP) is -0.127. The van der Waals surface area contributed by atoms with Gasteiger partial charge in [0.2, 0.25) is 0 Å². The van der Waals surface area contributed by atoms with Gasteiger partial charge in [0.15, 0.2) is 0 Å². The maximum Gasteiger partial charge on any atom is 0.307 e. The van der Waals surface area contributed by atoms with Gasteiger partial charge < -0.3 is 5.11 Å². The Balaban J connectivity index is 2.08. The van der Waals surface area contributed by atoms with Gasteiger partial charge in [0, 0.05) is 26.3 Å². The summed E-state index contributed by atoms with van der Waals surface area (Å²) in [6.07, 6.45) is 3.99. The minimum Gasteiger partial charge on any atom is -0.481 e. The highest BCUT2D eigenvalue weighted by Gasteiger charge is 2.32. The van der Waals surface area contributed by atoms with E-state index in [1.54, 1.807) is 7.05 Å². The first-order valence-electron chi connectivity index (χ1n) is 5.88. The van der Waals surface area contributed by atoms with Gasteiger partial charge in [-0.05, 0) is 12.8 Å². The lowest BCUT2D eigenvalue weighted by molar-refractivity contribution is -0.142. The molecule has 1 atom stereocenters. The number of carboxylic acids is 1. The van der Waals surface area contributed by atoms with E-state index in [1.807, 2.05) is 0 Å². The maximum absolute atomic E-state index is 12.1. The Hall–Kier alpha value is -1.61. The van der Waals surface area contributed by atoms with Crippen LogP contribution in [0.15, 0.2) is 12.4 Å². The van der Waals surface area contributed by atoms with Crippen molar-refractivity contribution < 1.29 is 18.3 Å². The highest BCUT2D eigenvalue weighted by Crippen LogP contribution is 2.20. The van der Waals surface area contributed by atoms with E-state index in [0.29, 0.717) is 25.1 Å². The molecule has 2 N–H and O–H groups in total. The number of aliphatic carboxylic acids is 1. The Morgan fingerprint density at radius 3 is 2.89 bits per heavy atom. The zero-order valence-electron chi connectivity index (χ0n) is 10.5. The van der Waals surface area contributed by atoms with Gasteiger partial charge >= 0.3 is 16.2 Å². The Morgan fingerprint density at radius 1 is 1.58 bits per heavy atom. The molecule has 1 aliphatic rings. The van der Waals surface area contributed by atoms with Crippen LogP contribution in [-0.4, -0.2) is 46.7 Å². The van der Waals surface area contributed by atoms with E-state index < -0.39 is 22.1 Å². The van der Waals surface area contributed by atoms with Crippen molar-refractivity contribution in [3.63, 3.8) is 0 Å². The molecule has 106 valence electrons. The molecular weight excluding hydrogens is 272 g/mol. The molecule has 1 aromatic rings. The predicted molar refractivity (Wildman–Crippen MR) is 67.7 cm³/mol. The molecule has 0 saturated carbocycles. The standard InChI is InChI=1S/C10H16N4O4S/c1-13-7-9(5-11-13)12-19(17,18)14-4-2-3-8(6-14)10(15)16/h5,7-8,12H,2-4,6H2,1H3,(H,15,16). The average Bonchev–Trinajstić information content (AvgIpc) is 2.74. The van der Waals surface area contributed by atoms with Gasteiger partial charge in [-0.2, -0.15) is 17.8 Å². The number of anilines is 1. The molecule has 1 fully saturated rings. The zero-order valence-corrected chi connectivity index (χ0v) is 11.3. The third kappa shape index (κ3) is 3.24. The van der Waals surface area contributed by atoms with Crippen LogP contribution in [0.1, 0.15) is 12.8 Å². The number of aryl methyl sites for hydroxylation is 1. The van der Waals surface area contributed by atoms with E-state index in [2.05, 4.69) is 9.82 Å². The van der Waals surface area contributed by atoms with Crippen LogP contribution in [0, 0.1) is 5.92 Å². The SMILES string of the molecule is Cn1cc(NS(=O)(=O)N2CCCC(C(=O)O)C2)cn1. The molecule has 0 aliphatic carbocycles. The van der Waals surface area contributed by atoms with Crippen molar-refractivity contribution in [2.24, 2.45) is 13.0 Å². The molecule has 0 spiro atoms. The van der Waals surface area contributed by atoms with Crippen molar-refractivity contribution in [2.75, 3.05) is 17.8 Å². The van der Waals surface area contributed by atoms with Crippen molar-refractivity contribution in [3.8, 4) is 0 Å². The van der Waals surface area contributed by atoms with Crippen LogP contribution in [0.4, 0.5) is 5.69 Å². The van der Waals surface area contributed by atoms with Crippen LogP contribution in [0.2, 0.25) is 0 Å². The monoisotopic (exact) mass is 288 g/mol. The molecule has 0 radical (unpaired) electrons. The molecule has 0 bridgehead atoms. The molecule has 0 aromatic carbocycles. The van der Waals surface area contributed by atoms with Gasteiger partial charge in [0.25, 0.3) is 0 Å². The van der Waals surface area contributed by atoms with Crippen LogP contribution in [0.25, 0.3) is 0 Å². The molecule has 9 heteroatoms. The number of hydrogen-bond donors (Lipinski definition) is 2. The van der Waals surface area contributed by atoms with E-state index in [4.69, 9.17) is 5.11 Å². The number of nitrogens with zero attached hydrogens (tertiary/aromatic N) is 3. The molecule has 1 unspecified atom stereocenters. The Morgan fingerprint density at radius 2 is 2.32 bits per heavy atom. The average molecular weight is 288 g/mol. The summed E-state index contributed by atoms with van der Waals surface area (Å²) < 4.78 is 29.3. The Bertz CT molecular complexity index is 568. The molecule has 0 amide bonds. The summed E-state index contributed by atoms with van der Waals surface area (Å²) in [5.41, 5.74) is 0.361. The molecule has 8 nitrogen and oxygen atoms in total. The summed E-state index contributed by atoms with van der Waals surface area (Å²) in [5.74, 6) is -1.60. The fourth-order valence-electron chi connectivity index (χ4n) is 2.05. The van der Waals surface area contributed by atoms with E-state index in [0.717, 1.165) is 0 Å². The molecule has 1 saturated heterocycles. The van der Waals surface area contributed by atoms with Crippen LogP contribution in [-0.2, 0) is 22.1 Å². The topological polar surface area (TPSA) is 105 Å². The van der Waals surface area contributed by atoms with Gasteiger partial charge in [-0.1, -0.05) is 0 Å². The van der Waals surface area contributed by atoms with Crippen molar-refractivity contribution in [2.45, 2.75) is 12.8 Å². The van der Waals surface area contributed by atoms with E-state index in [-0.39, 0.29) is 6.54 Å². The summed E-state index contributed by atoms with van der Waals surface area (Å²) in [7, 11) is -2.04. The maximum atomic E-state index is 12.1. The number of carboxylic acid groups (broad SMARTS) is 1. The second-order valence-corrected chi connectivity index (χ2v) is 6.22. The number of nitrogens with one attached hydrogen (secondary N) is 1. The van der Waals surface area contributed by atoms with Crippen LogP contribution in [0.5, 0.6) is 0 Å². The minimum atomic E-state index is -3.72. The lowest BCUT2D eigenvalue weighted by Gasteiger charge is -2.29. The lowest BCUT2D eigenvalue weighted by Crippen LogP contribution is -2.44. The molecule has 2 rings (SSSR count). The smallest absolute Gasteiger partial charge is 0.307 e. The Kier molecular flexibility index (Phi) is 3.76. The first kappa shape index (κ1) is 13.8. The largest absolute Gasteiger partial charge is 0.481 e. The van der Waals surface area contributed by atoms with Crippen LogP contribution < -0.4 is 4.72 Å². The zero-order chi connectivity index (χ0) is 14.0. The van der Waals surface area contributed by atoms with Crippen LogP contribution >= 0.6 is 0 Å². The van der Waals surface area contributed by atoms with E-state index in [9.17, 15) is 13.2 Å². The van der Waals surface area contributed by atoms with Crippen molar-refractivity contribution in [1.29, 1.82) is 0 Å². The summed E-state index contributed by atoms with van der Waals surface area (Å²) in [4.78, 5) is 10.9. The number of aromatic nitrogens is 2. The third-order valence-corrected chi connectivity index (χ3v) is 4.53. The third-order valence-electron chi connectivity index (χ3n) is 3.02. The van der Waals surface area contributed by atoms with Gasteiger partial charge in [-0.3, -0.25) is 14.2 Å². The fourth-order valence-corrected chi connectivity index (χ4v) is 3.33. The van der Waals surface area contributed by atoms with Gasteiger partial charge in [0.1, 0.15) is 0 Å². The van der Waals surface area contributed by atoms with Gasteiger partial charge in [-0.25, -0.2) is 0 Å². The molecule has 19 heavy (non-hydrogen) atoms. The van der Waals surface area contributed by atoms with Crippen molar-refractivity contribution >= 4 is 21.9 Å². The van der Waals surface area contributed by atoms with E-state index in [1.165, 1.54) is 21.4 Å². The minimum absolute atomic E-state index is 0.00489. The number of carbonyl (C=O) groups is 1. The van der Waals surface area contributed by atoms with Crippen molar-refractivity contribution in [1.82, 2.24) is 14.1 Å². The number of piperidine rings is 1. The summed E-state index contributed by atoms with van der Waals surface area (Å²) in [6.45, 7) is 0.338. The summed E-state index contributed by atoms with van der Waals surface area (Å²) in [5, 5.41) is 12.8. The second-order valence-electron chi connectivity index (χ2n) is 4.55. The van der Waals surface area contributed by atoms with Gasteiger partial charge in [0.05, 0.1) is 17.8 Å². The highest BCUT2D eigenvalue weighted by atomic mass is 32.2. The molecular formula is C10H16N4O4S. The summed E-state index contributed by atoms with van der Waals surface area (Å²) >= 11 is 0. The lowest BCUT2D eigenvalue weighted by atomic mass is 10.0. The quantitative estimate of drug-likeness (QED) is 0.803.